The van der Waals surface area contributed by atoms with Gasteiger partial charge in [-0.3, -0.25) is 9.59 Å². The number of anilines is 3. The van der Waals surface area contributed by atoms with Crippen LogP contribution in [0.4, 0.5) is 21.9 Å². The first-order valence-electron chi connectivity index (χ1n) is 13.7. The number of carboxylic acid groups (broad SMARTS) is 1. The highest BCUT2D eigenvalue weighted by molar-refractivity contribution is 6.01. The Morgan fingerprint density at radius 1 is 1.02 bits per heavy atom. The van der Waals surface area contributed by atoms with Gasteiger partial charge in [0.2, 0.25) is 5.91 Å². The van der Waals surface area contributed by atoms with Crippen LogP contribution in [0.2, 0.25) is 0 Å². The van der Waals surface area contributed by atoms with Gasteiger partial charge >= 0.3 is 12.0 Å². The predicted molar refractivity (Wildman–Crippen MR) is 159 cm³/mol. The van der Waals surface area contributed by atoms with Crippen LogP contribution in [0, 0.1) is 12.8 Å². The van der Waals surface area contributed by atoms with Gasteiger partial charge < -0.3 is 30.1 Å². The molecule has 0 aliphatic carbocycles. The van der Waals surface area contributed by atoms with Gasteiger partial charge in [0, 0.05) is 5.69 Å². The number of carbonyl (C=O) groups excluding carboxylic acids is 2. The van der Waals surface area contributed by atoms with Crippen molar-refractivity contribution in [1.29, 1.82) is 0 Å². The molecular weight excluding hydrogens is 522 g/mol. The van der Waals surface area contributed by atoms with Gasteiger partial charge in [0.05, 0.1) is 37.9 Å². The number of rotatable bonds is 10. The molecule has 1 heterocycles. The number of fused-ring (bicyclic) bond motifs is 1. The molecule has 1 aliphatic heterocycles. The highest BCUT2D eigenvalue weighted by atomic mass is 16.5. The number of aliphatic carboxylic acids is 1. The van der Waals surface area contributed by atoms with E-state index >= 15 is 0 Å². The predicted octanol–water partition coefficient (Wildman–Crippen LogP) is 6.22. The number of benzene rings is 3. The molecule has 0 aromatic heterocycles. The summed E-state index contributed by atoms with van der Waals surface area (Å²) >= 11 is 0. The number of amides is 3. The van der Waals surface area contributed by atoms with E-state index in [9.17, 15) is 19.5 Å². The maximum atomic E-state index is 13.4. The van der Waals surface area contributed by atoms with Gasteiger partial charge in [0.15, 0.2) is 0 Å². The molecule has 9 nitrogen and oxygen atoms in total. The molecule has 0 saturated carbocycles. The molecular formula is C32H37N3O6. The largest absolute Gasteiger partial charge is 0.495 e. The molecule has 3 aromatic carbocycles. The van der Waals surface area contributed by atoms with Crippen molar-refractivity contribution in [2.45, 2.75) is 46.0 Å². The fraction of sp³-hybridized carbons (Fsp3) is 0.344. The van der Waals surface area contributed by atoms with Crippen molar-refractivity contribution in [3.63, 3.8) is 0 Å². The zero-order valence-corrected chi connectivity index (χ0v) is 23.9. The third kappa shape index (κ3) is 7.57. The van der Waals surface area contributed by atoms with Crippen LogP contribution in [0.15, 0.2) is 60.7 Å². The molecule has 1 aliphatic rings. The summed E-state index contributed by atoms with van der Waals surface area (Å²) in [4.78, 5) is 39.1. The zero-order chi connectivity index (χ0) is 29.5. The van der Waals surface area contributed by atoms with E-state index in [0.29, 0.717) is 47.6 Å². The van der Waals surface area contributed by atoms with Crippen molar-refractivity contribution < 1.29 is 29.0 Å². The first-order valence-corrected chi connectivity index (χ1v) is 13.7. The van der Waals surface area contributed by atoms with Crippen LogP contribution >= 0.6 is 0 Å². The lowest BCUT2D eigenvalue weighted by Crippen LogP contribution is -2.39. The highest BCUT2D eigenvalue weighted by Gasteiger charge is 2.26. The topological polar surface area (TPSA) is 117 Å². The number of ether oxygens (including phenoxy) is 2. The molecule has 9 heteroatoms. The summed E-state index contributed by atoms with van der Waals surface area (Å²) in [7, 11) is 1.51. The van der Waals surface area contributed by atoms with E-state index in [0.717, 1.165) is 23.1 Å². The van der Waals surface area contributed by atoms with Gasteiger partial charge in [-0.05, 0) is 72.2 Å². The van der Waals surface area contributed by atoms with E-state index in [1.807, 2.05) is 49.4 Å². The summed E-state index contributed by atoms with van der Waals surface area (Å²) in [6.45, 7) is 6.81. The van der Waals surface area contributed by atoms with Gasteiger partial charge in [-0.15, -0.1) is 0 Å². The maximum Gasteiger partial charge on any atom is 0.323 e. The molecule has 3 N–H and O–H groups in total. The van der Waals surface area contributed by atoms with E-state index in [2.05, 4.69) is 24.5 Å². The van der Waals surface area contributed by atoms with Crippen molar-refractivity contribution in [1.82, 2.24) is 0 Å². The van der Waals surface area contributed by atoms with E-state index in [1.165, 1.54) is 7.11 Å². The van der Waals surface area contributed by atoms with Crippen LogP contribution in [-0.2, 0) is 16.0 Å². The third-order valence-corrected chi connectivity index (χ3v) is 7.06. The summed E-state index contributed by atoms with van der Waals surface area (Å²) in [5.74, 6) is 0.289. The SMILES string of the molecule is COc1cc(CC(=O)N2CCOc3cc(C(CC(=O)O)CC(C)C)ccc32)ccc1NC(=O)Nc1ccccc1C. The van der Waals surface area contributed by atoms with Gasteiger partial charge in [-0.25, -0.2) is 4.79 Å². The van der Waals surface area contributed by atoms with E-state index in [4.69, 9.17) is 9.47 Å². The number of hydrogen-bond donors (Lipinski definition) is 3. The van der Waals surface area contributed by atoms with Crippen LogP contribution in [0.5, 0.6) is 11.5 Å². The average molecular weight is 560 g/mol. The number of aryl methyl sites for hydroxylation is 1. The van der Waals surface area contributed by atoms with Gasteiger partial charge in [-0.1, -0.05) is 44.2 Å². The zero-order valence-electron chi connectivity index (χ0n) is 23.9. The van der Waals surface area contributed by atoms with E-state index in [1.54, 1.807) is 23.1 Å². The number of urea groups is 1. The molecule has 216 valence electrons. The molecule has 0 bridgehead atoms. The fourth-order valence-electron chi connectivity index (χ4n) is 5.07. The minimum atomic E-state index is -0.838. The molecule has 3 aromatic rings. The van der Waals surface area contributed by atoms with Crippen LogP contribution < -0.4 is 25.0 Å². The monoisotopic (exact) mass is 559 g/mol. The average Bonchev–Trinajstić information content (AvgIpc) is 2.93. The number of carboxylic acids is 1. The molecule has 0 spiro atoms. The highest BCUT2D eigenvalue weighted by Crippen LogP contribution is 2.37. The second kappa shape index (κ2) is 13.2. The Labute approximate surface area is 240 Å². The van der Waals surface area contributed by atoms with Crippen LogP contribution in [0.25, 0.3) is 0 Å². The molecule has 4 rings (SSSR count). The molecule has 3 amide bonds. The molecule has 0 radical (unpaired) electrons. The summed E-state index contributed by atoms with van der Waals surface area (Å²) in [5.41, 5.74) is 4.44. The second-order valence-electron chi connectivity index (χ2n) is 10.7. The number of nitrogens with one attached hydrogen (secondary N) is 2. The Bertz CT molecular complexity index is 1420. The lowest BCUT2D eigenvalue weighted by molar-refractivity contribution is -0.137. The smallest absolute Gasteiger partial charge is 0.323 e. The minimum absolute atomic E-state index is 0.0415. The van der Waals surface area contributed by atoms with Crippen molar-refractivity contribution >= 4 is 35.0 Å². The molecule has 0 saturated heterocycles. The lowest BCUT2D eigenvalue weighted by Gasteiger charge is -2.31. The number of para-hydroxylation sites is 1. The van der Waals surface area contributed by atoms with Crippen molar-refractivity contribution in [3.8, 4) is 11.5 Å². The number of methoxy groups -OCH3 is 1. The Kier molecular flexibility index (Phi) is 9.49. The summed E-state index contributed by atoms with van der Waals surface area (Å²) < 4.78 is 11.4. The first kappa shape index (κ1) is 29.5. The van der Waals surface area contributed by atoms with Crippen molar-refractivity contribution in [2.75, 3.05) is 35.8 Å². The number of hydrogen-bond acceptors (Lipinski definition) is 5. The minimum Gasteiger partial charge on any atom is -0.495 e. The molecule has 41 heavy (non-hydrogen) atoms. The second-order valence-corrected chi connectivity index (χ2v) is 10.7. The fourth-order valence-corrected chi connectivity index (χ4v) is 5.07. The first-order chi connectivity index (χ1) is 19.6. The normalized spacial score (nSPS) is 13.1. The lowest BCUT2D eigenvalue weighted by atomic mass is 9.87. The standard InChI is InChI=1S/C32H37N3O6/c1-20(2)15-24(19-31(37)38)23-10-12-27-29(18-23)41-14-13-35(27)30(36)17-22-9-11-26(28(16-22)40-4)34-32(39)33-25-8-6-5-7-21(25)3/h5-12,16,18,20,24H,13-15,17,19H2,1-4H3,(H,37,38)(H2,33,34,39). The Hall–Kier alpha value is -4.53. The number of nitrogens with zero attached hydrogens (tertiary/aromatic N) is 1. The van der Waals surface area contributed by atoms with Crippen LogP contribution in [0.1, 0.15) is 49.3 Å². The van der Waals surface area contributed by atoms with Crippen molar-refractivity contribution in [3.05, 3.63) is 77.4 Å². The molecule has 0 fully saturated rings. The molecule has 1 atom stereocenters. The van der Waals surface area contributed by atoms with E-state index in [-0.39, 0.29) is 24.7 Å². The quantitative estimate of drug-likeness (QED) is 0.272. The Balaban J connectivity index is 1.46. The maximum absolute atomic E-state index is 13.4. The number of carbonyl (C=O) groups is 3. The summed E-state index contributed by atoms with van der Waals surface area (Å²) in [5, 5.41) is 15.0. The summed E-state index contributed by atoms with van der Waals surface area (Å²) in [6.07, 6.45) is 0.913. The Morgan fingerprint density at radius 2 is 1.78 bits per heavy atom. The van der Waals surface area contributed by atoms with Gasteiger partial charge in [0.1, 0.15) is 18.1 Å². The van der Waals surface area contributed by atoms with Crippen molar-refractivity contribution in [2.24, 2.45) is 5.92 Å². The van der Waals surface area contributed by atoms with E-state index < -0.39 is 12.0 Å². The van der Waals surface area contributed by atoms with Gasteiger partial charge in [-0.2, -0.15) is 0 Å². The summed E-state index contributed by atoms with van der Waals surface area (Å²) in [6, 6.07) is 18.0. The third-order valence-electron chi connectivity index (χ3n) is 7.06. The molecule has 1 unspecified atom stereocenters. The van der Waals surface area contributed by atoms with Gasteiger partial charge in [0.25, 0.3) is 0 Å². The Morgan fingerprint density at radius 3 is 2.49 bits per heavy atom. The van der Waals surface area contributed by atoms with Crippen LogP contribution in [-0.4, -0.2) is 43.3 Å². The van der Waals surface area contributed by atoms with Crippen LogP contribution in [0.3, 0.4) is 0 Å².